The summed E-state index contributed by atoms with van der Waals surface area (Å²) in [6.45, 7) is 3.28. The van der Waals surface area contributed by atoms with E-state index in [0.29, 0.717) is 43.0 Å². The zero-order valence-corrected chi connectivity index (χ0v) is 17.0. The lowest BCUT2D eigenvalue weighted by Gasteiger charge is -2.28. The molecule has 2 atom stereocenters. The van der Waals surface area contributed by atoms with E-state index in [-0.39, 0.29) is 0 Å². The van der Waals surface area contributed by atoms with Crippen molar-refractivity contribution >= 4 is 22.7 Å². The highest BCUT2D eigenvalue weighted by molar-refractivity contribution is 5.82. The molecule has 2 aliphatic heterocycles. The van der Waals surface area contributed by atoms with Crippen molar-refractivity contribution in [3.63, 3.8) is 0 Å². The molecule has 0 unspecified atom stereocenters. The van der Waals surface area contributed by atoms with Crippen molar-refractivity contribution in [1.82, 2.24) is 34.9 Å². The number of H-pyrrole nitrogens is 1. The molecule has 0 spiro atoms. The van der Waals surface area contributed by atoms with Crippen LogP contribution >= 0.6 is 0 Å². The number of anilines is 2. The van der Waals surface area contributed by atoms with Gasteiger partial charge in [-0.1, -0.05) is 0 Å². The summed E-state index contributed by atoms with van der Waals surface area (Å²) in [6, 6.07) is 2.25. The minimum absolute atomic E-state index is 0.378. The maximum absolute atomic E-state index is 14.3. The second kappa shape index (κ2) is 8.19. The average Bonchev–Trinajstić information content (AvgIpc) is 3.40. The van der Waals surface area contributed by atoms with Gasteiger partial charge < -0.3 is 25.3 Å². The van der Waals surface area contributed by atoms with Gasteiger partial charge >= 0.3 is 0 Å². The van der Waals surface area contributed by atoms with E-state index in [2.05, 4.69) is 42.6 Å². The van der Waals surface area contributed by atoms with Crippen LogP contribution < -0.4 is 15.4 Å². The number of piperidine rings is 2. The number of aromatic nitrogens is 5. The van der Waals surface area contributed by atoms with Crippen LogP contribution in [0.25, 0.3) is 11.0 Å². The number of alkyl halides is 1. The zero-order valence-electron chi connectivity index (χ0n) is 17.0. The molecule has 0 amide bonds. The minimum atomic E-state index is -1.01. The molecule has 9 nitrogen and oxygen atoms in total. The molecule has 2 fully saturated rings. The summed E-state index contributed by atoms with van der Waals surface area (Å²) in [7, 11) is 2.15. The highest BCUT2D eigenvalue weighted by Gasteiger charge is 2.28. The Morgan fingerprint density at radius 1 is 1.23 bits per heavy atom. The number of hydrogen-bond acceptors (Lipinski definition) is 7. The first-order valence-corrected chi connectivity index (χ1v) is 10.5. The summed E-state index contributed by atoms with van der Waals surface area (Å²) in [6.07, 6.45) is 6.57. The predicted octanol–water partition coefficient (Wildman–Crippen LogP) is 2.24. The zero-order chi connectivity index (χ0) is 20.5. The SMILES string of the molecule is CN1CCC(n2cc(Nc3nc(O[C@H]4CNCC[C@H]4F)c4cc[nH]c4n3)cn2)CC1. The summed E-state index contributed by atoms with van der Waals surface area (Å²) >= 11 is 0. The minimum Gasteiger partial charge on any atom is -0.469 e. The Balaban J connectivity index is 1.35. The summed E-state index contributed by atoms with van der Waals surface area (Å²) in [4.78, 5) is 14.5. The lowest BCUT2D eigenvalue weighted by atomic mass is 10.1. The predicted molar refractivity (Wildman–Crippen MR) is 112 cm³/mol. The first kappa shape index (κ1) is 19.3. The Morgan fingerprint density at radius 3 is 2.93 bits per heavy atom. The molecular formula is C20H27FN8O. The molecule has 2 aliphatic rings. The molecule has 0 radical (unpaired) electrons. The number of likely N-dealkylation sites (tertiary alicyclic amines) is 1. The molecule has 0 aliphatic carbocycles. The van der Waals surface area contributed by atoms with Gasteiger partial charge in [0.2, 0.25) is 11.8 Å². The molecule has 0 bridgehead atoms. The summed E-state index contributed by atoms with van der Waals surface area (Å²) < 4.78 is 22.2. The molecule has 0 saturated carbocycles. The van der Waals surface area contributed by atoms with E-state index >= 15 is 0 Å². The number of ether oxygens (including phenoxy) is 1. The number of halogens is 1. The monoisotopic (exact) mass is 414 g/mol. The van der Waals surface area contributed by atoms with Crippen LogP contribution in [0, 0.1) is 0 Å². The number of nitrogens with one attached hydrogen (secondary N) is 3. The van der Waals surface area contributed by atoms with Crippen molar-refractivity contribution in [3.8, 4) is 5.88 Å². The van der Waals surface area contributed by atoms with Gasteiger partial charge in [-0.05, 0) is 52.0 Å². The Hall–Kier alpha value is -2.72. The number of aromatic amines is 1. The maximum Gasteiger partial charge on any atom is 0.232 e. The van der Waals surface area contributed by atoms with Gasteiger partial charge in [-0.3, -0.25) is 4.68 Å². The molecule has 3 aromatic heterocycles. The van der Waals surface area contributed by atoms with Gasteiger partial charge in [-0.2, -0.15) is 15.1 Å². The highest BCUT2D eigenvalue weighted by atomic mass is 19.1. The number of rotatable bonds is 5. The molecule has 160 valence electrons. The quantitative estimate of drug-likeness (QED) is 0.589. The van der Waals surface area contributed by atoms with Gasteiger partial charge in [0.15, 0.2) is 0 Å². The second-order valence-corrected chi connectivity index (χ2v) is 8.13. The standard InChI is InChI=1S/C20H27FN8O/c1-28-8-4-14(5-9-28)29-12-13(10-24-29)25-20-26-18-15(2-7-23-18)19(27-20)30-17-11-22-6-3-16(17)21/h2,7,10,12,14,16-17,22H,3-6,8-9,11H2,1H3,(H2,23,25,26,27)/t16-,17+/m1/s1. The lowest BCUT2D eigenvalue weighted by Crippen LogP contribution is -2.45. The van der Waals surface area contributed by atoms with Crippen molar-refractivity contribution in [3.05, 3.63) is 24.7 Å². The Morgan fingerprint density at radius 2 is 2.10 bits per heavy atom. The van der Waals surface area contributed by atoms with Crippen molar-refractivity contribution in [2.75, 3.05) is 38.5 Å². The Bertz CT molecular complexity index is 996. The summed E-state index contributed by atoms with van der Waals surface area (Å²) in [5.74, 6) is 0.768. The van der Waals surface area contributed by atoms with Crippen molar-refractivity contribution in [1.29, 1.82) is 0 Å². The van der Waals surface area contributed by atoms with Crippen molar-refractivity contribution in [2.45, 2.75) is 37.6 Å². The van der Waals surface area contributed by atoms with Gasteiger partial charge in [0.25, 0.3) is 0 Å². The normalized spacial score (nSPS) is 23.7. The second-order valence-electron chi connectivity index (χ2n) is 8.13. The van der Waals surface area contributed by atoms with Crippen LogP contribution in [0.4, 0.5) is 16.0 Å². The van der Waals surface area contributed by atoms with Crippen LogP contribution in [0.2, 0.25) is 0 Å². The highest BCUT2D eigenvalue weighted by Crippen LogP contribution is 2.28. The average molecular weight is 414 g/mol. The molecule has 5 heterocycles. The van der Waals surface area contributed by atoms with Crippen LogP contribution in [0.15, 0.2) is 24.7 Å². The Kier molecular flexibility index (Phi) is 5.26. The van der Waals surface area contributed by atoms with E-state index < -0.39 is 12.3 Å². The maximum atomic E-state index is 14.3. The first-order valence-electron chi connectivity index (χ1n) is 10.5. The smallest absolute Gasteiger partial charge is 0.232 e. The van der Waals surface area contributed by atoms with Crippen LogP contribution in [-0.2, 0) is 0 Å². The van der Waals surface area contributed by atoms with E-state index in [4.69, 9.17) is 4.74 Å². The van der Waals surface area contributed by atoms with Crippen LogP contribution in [0.3, 0.4) is 0 Å². The third-order valence-electron chi connectivity index (χ3n) is 5.91. The van der Waals surface area contributed by atoms with Gasteiger partial charge in [-0.25, -0.2) is 4.39 Å². The number of hydrogen-bond donors (Lipinski definition) is 3. The number of fused-ring (bicyclic) bond motifs is 1. The van der Waals surface area contributed by atoms with Crippen LogP contribution in [-0.4, -0.2) is 75.1 Å². The molecule has 0 aromatic carbocycles. The molecule has 3 aromatic rings. The van der Waals surface area contributed by atoms with Gasteiger partial charge in [0.1, 0.15) is 17.9 Å². The molecular weight excluding hydrogens is 387 g/mol. The van der Waals surface area contributed by atoms with E-state index in [1.165, 1.54) is 0 Å². The van der Waals surface area contributed by atoms with Crippen molar-refractivity contribution in [2.24, 2.45) is 0 Å². The lowest BCUT2D eigenvalue weighted by molar-refractivity contribution is 0.0722. The molecule has 5 rings (SSSR count). The van der Waals surface area contributed by atoms with Crippen molar-refractivity contribution < 1.29 is 9.13 Å². The summed E-state index contributed by atoms with van der Waals surface area (Å²) in [5, 5.41) is 11.6. The summed E-state index contributed by atoms with van der Waals surface area (Å²) in [5.41, 5.74) is 1.46. The number of nitrogens with zero attached hydrogens (tertiary/aromatic N) is 5. The third kappa shape index (κ3) is 3.97. The fraction of sp³-hybridized carbons (Fsp3) is 0.550. The molecule has 2 saturated heterocycles. The molecule has 30 heavy (non-hydrogen) atoms. The van der Waals surface area contributed by atoms with Crippen LogP contribution in [0.1, 0.15) is 25.3 Å². The molecule has 10 heteroatoms. The fourth-order valence-corrected chi connectivity index (χ4v) is 4.11. The van der Waals surface area contributed by atoms with Crippen LogP contribution in [0.5, 0.6) is 5.88 Å². The van der Waals surface area contributed by atoms with Gasteiger partial charge in [0.05, 0.1) is 23.3 Å². The van der Waals surface area contributed by atoms with E-state index in [1.807, 2.05) is 16.9 Å². The molecule has 3 N–H and O–H groups in total. The van der Waals surface area contributed by atoms with E-state index in [1.54, 1.807) is 12.4 Å². The van der Waals surface area contributed by atoms with Gasteiger partial charge in [0, 0.05) is 18.9 Å². The largest absolute Gasteiger partial charge is 0.469 e. The third-order valence-corrected chi connectivity index (χ3v) is 5.91. The van der Waals surface area contributed by atoms with E-state index in [0.717, 1.165) is 37.0 Å². The first-order chi connectivity index (χ1) is 14.7. The van der Waals surface area contributed by atoms with Gasteiger partial charge in [-0.15, -0.1) is 0 Å². The Labute approximate surface area is 174 Å². The van der Waals surface area contributed by atoms with E-state index in [9.17, 15) is 4.39 Å². The fourth-order valence-electron chi connectivity index (χ4n) is 4.11. The topological polar surface area (TPSA) is 95.9 Å².